The van der Waals surface area contributed by atoms with Crippen LogP contribution in [0.2, 0.25) is 0 Å². The van der Waals surface area contributed by atoms with E-state index in [9.17, 15) is 4.79 Å². The summed E-state index contributed by atoms with van der Waals surface area (Å²) in [7, 11) is 0. The number of aromatic amines is 1. The van der Waals surface area contributed by atoms with Crippen LogP contribution in [-0.4, -0.2) is 22.5 Å². The Morgan fingerprint density at radius 2 is 2.27 bits per heavy atom. The van der Waals surface area contributed by atoms with E-state index in [-0.39, 0.29) is 5.56 Å². The first kappa shape index (κ1) is 10.2. The number of nitrogen functional groups attached to an aromatic ring is 1. The van der Waals surface area contributed by atoms with Gasteiger partial charge in [-0.1, -0.05) is 0 Å². The fourth-order valence-corrected chi connectivity index (χ4v) is 1.98. The van der Waals surface area contributed by atoms with Gasteiger partial charge in [-0.05, 0) is 31.9 Å². The number of pyridine rings is 1. The van der Waals surface area contributed by atoms with E-state index in [0.29, 0.717) is 11.7 Å². The molecule has 3 N–H and O–H groups in total. The molecule has 0 aliphatic carbocycles. The minimum Gasteiger partial charge on any atom is -0.394 e. The number of rotatable bonds is 1. The van der Waals surface area contributed by atoms with E-state index in [0.717, 1.165) is 25.2 Å². The predicted molar refractivity (Wildman–Crippen MR) is 60.7 cm³/mol. The van der Waals surface area contributed by atoms with Crippen molar-refractivity contribution in [3.8, 4) is 0 Å². The Bertz CT molecular complexity index is 422. The summed E-state index contributed by atoms with van der Waals surface area (Å²) in [4.78, 5) is 16.6. The van der Waals surface area contributed by atoms with Crippen molar-refractivity contribution in [1.82, 2.24) is 9.88 Å². The molecule has 0 aromatic carbocycles. The van der Waals surface area contributed by atoms with Crippen LogP contribution in [0.4, 0.5) is 5.69 Å². The van der Waals surface area contributed by atoms with Gasteiger partial charge in [0.15, 0.2) is 0 Å². The molecule has 2 heterocycles. The van der Waals surface area contributed by atoms with Gasteiger partial charge in [-0.3, -0.25) is 9.69 Å². The summed E-state index contributed by atoms with van der Waals surface area (Å²) >= 11 is 0. The Labute approximate surface area is 89.1 Å². The van der Waals surface area contributed by atoms with Gasteiger partial charge in [0.25, 0.3) is 5.56 Å². The predicted octanol–water partition coefficient (Wildman–Crippen LogP) is 0.724. The fraction of sp³-hybridized carbons (Fsp3) is 0.545. The molecule has 0 amide bonds. The molecule has 4 heteroatoms. The summed E-state index contributed by atoms with van der Waals surface area (Å²) in [5.41, 5.74) is 7.95. The van der Waals surface area contributed by atoms with Crippen LogP contribution >= 0.6 is 0 Å². The number of fused-ring (bicyclic) bond motifs is 1. The third-order valence-corrected chi connectivity index (χ3v) is 3.00. The van der Waals surface area contributed by atoms with Gasteiger partial charge >= 0.3 is 0 Å². The van der Waals surface area contributed by atoms with Crippen molar-refractivity contribution in [3.63, 3.8) is 0 Å². The molecule has 0 radical (unpaired) electrons. The lowest BCUT2D eigenvalue weighted by molar-refractivity contribution is 0.200. The highest BCUT2D eigenvalue weighted by Crippen LogP contribution is 2.18. The molecule has 15 heavy (non-hydrogen) atoms. The lowest BCUT2D eigenvalue weighted by Crippen LogP contribution is -2.37. The zero-order chi connectivity index (χ0) is 11.0. The smallest absolute Gasteiger partial charge is 0.271 e. The van der Waals surface area contributed by atoms with Crippen LogP contribution in [0.3, 0.4) is 0 Å². The molecule has 0 fully saturated rings. The maximum Gasteiger partial charge on any atom is 0.271 e. The van der Waals surface area contributed by atoms with Gasteiger partial charge in [-0.25, -0.2) is 0 Å². The summed E-state index contributed by atoms with van der Waals surface area (Å²) in [5.74, 6) is 0. The van der Waals surface area contributed by atoms with Gasteiger partial charge in [0.05, 0.1) is 5.69 Å². The van der Waals surface area contributed by atoms with Crippen molar-refractivity contribution >= 4 is 5.69 Å². The third kappa shape index (κ3) is 1.90. The molecule has 1 aromatic heterocycles. The van der Waals surface area contributed by atoms with Crippen LogP contribution in [0.15, 0.2) is 10.9 Å². The van der Waals surface area contributed by atoms with E-state index in [1.807, 2.05) is 6.07 Å². The van der Waals surface area contributed by atoms with Gasteiger partial charge in [-0.15, -0.1) is 0 Å². The van der Waals surface area contributed by atoms with E-state index >= 15 is 0 Å². The number of anilines is 1. The summed E-state index contributed by atoms with van der Waals surface area (Å²) in [6, 6.07) is 2.32. The van der Waals surface area contributed by atoms with Crippen molar-refractivity contribution in [2.75, 3.05) is 12.3 Å². The minimum absolute atomic E-state index is 0.167. The Kier molecular flexibility index (Phi) is 2.52. The number of H-pyrrole nitrogens is 1. The van der Waals surface area contributed by atoms with Gasteiger partial charge in [0.1, 0.15) is 0 Å². The van der Waals surface area contributed by atoms with E-state index in [2.05, 4.69) is 23.7 Å². The molecule has 0 atom stereocenters. The summed E-state index contributed by atoms with van der Waals surface area (Å²) in [6.45, 7) is 6.19. The summed E-state index contributed by atoms with van der Waals surface area (Å²) < 4.78 is 0. The molecule has 0 unspecified atom stereocenters. The highest BCUT2D eigenvalue weighted by molar-refractivity contribution is 5.41. The Morgan fingerprint density at radius 3 is 2.93 bits per heavy atom. The summed E-state index contributed by atoms with van der Waals surface area (Å²) in [6.07, 6.45) is 0.967. The first-order valence-corrected chi connectivity index (χ1v) is 5.32. The van der Waals surface area contributed by atoms with Crippen LogP contribution in [0.5, 0.6) is 0 Å². The summed E-state index contributed by atoms with van der Waals surface area (Å²) in [5, 5.41) is 0. The van der Waals surface area contributed by atoms with Crippen molar-refractivity contribution in [2.45, 2.75) is 32.9 Å². The van der Waals surface area contributed by atoms with Crippen LogP contribution in [0.1, 0.15) is 25.1 Å². The van der Waals surface area contributed by atoms with Gasteiger partial charge in [0.2, 0.25) is 0 Å². The number of aromatic nitrogens is 1. The molecule has 1 aliphatic rings. The van der Waals surface area contributed by atoms with Crippen molar-refractivity contribution in [3.05, 3.63) is 27.7 Å². The number of nitrogens with zero attached hydrogens (tertiary/aromatic N) is 1. The topological polar surface area (TPSA) is 62.1 Å². The normalized spacial score (nSPS) is 16.7. The first-order chi connectivity index (χ1) is 7.08. The second kappa shape index (κ2) is 3.70. The molecule has 0 saturated carbocycles. The standard InChI is InChI=1S/C11H17N3O/c1-7(2)14-4-3-8-5-9(12)11(15)13-10(8)6-14/h5,7H,3-4,6,12H2,1-2H3,(H,13,15). The van der Waals surface area contributed by atoms with Gasteiger partial charge in [0, 0.05) is 24.8 Å². The average molecular weight is 207 g/mol. The molecular formula is C11H17N3O. The molecule has 0 spiro atoms. The van der Waals surface area contributed by atoms with Crippen LogP contribution in [0.25, 0.3) is 0 Å². The van der Waals surface area contributed by atoms with E-state index in [1.54, 1.807) is 0 Å². The van der Waals surface area contributed by atoms with Crippen LogP contribution in [-0.2, 0) is 13.0 Å². The lowest BCUT2D eigenvalue weighted by Gasteiger charge is -2.31. The highest BCUT2D eigenvalue weighted by atomic mass is 16.1. The Morgan fingerprint density at radius 1 is 1.53 bits per heavy atom. The van der Waals surface area contributed by atoms with E-state index in [1.165, 1.54) is 5.56 Å². The van der Waals surface area contributed by atoms with E-state index < -0.39 is 0 Å². The maximum absolute atomic E-state index is 11.4. The lowest BCUT2D eigenvalue weighted by atomic mass is 10.0. The molecule has 0 bridgehead atoms. The monoisotopic (exact) mass is 207 g/mol. The molecule has 1 aromatic rings. The molecule has 0 saturated heterocycles. The maximum atomic E-state index is 11.4. The second-order valence-corrected chi connectivity index (χ2v) is 4.37. The number of hydrogen-bond acceptors (Lipinski definition) is 3. The molecule has 1 aliphatic heterocycles. The van der Waals surface area contributed by atoms with Crippen LogP contribution < -0.4 is 11.3 Å². The largest absolute Gasteiger partial charge is 0.394 e. The van der Waals surface area contributed by atoms with Crippen molar-refractivity contribution in [1.29, 1.82) is 0 Å². The zero-order valence-corrected chi connectivity index (χ0v) is 9.21. The van der Waals surface area contributed by atoms with Crippen molar-refractivity contribution < 1.29 is 0 Å². The highest BCUT2D eigenvalue weighted by Gasteiger charge is 2.19. The molecule has 82 valence electrons. The average Bonchev–Trinajstić information content (AvgIpc) is 2.19. The quantitative estimate of drug-likeness (QED) is 0.713. The zero-order valence-electron chi connectivity index (χ0n) is 9.21. The van der Waals surface area contributed by atoms with Gasteiger partial charge < -0.3 is 10.7 Å². The fourth-order valence-electron chi connectivity index (χ4n) is 1.98. The Hall–Kier alpha value is -1.29. The number of nitrogens with one attached hydrogen (secondary N) is 1. The minimum atomic E-state index is -0.167. The molecule has 2 rings (SSSR count). The molecular weight excluding hydrogens is 190 g/mol. The number of hydrogen-bond donors (Lipinski definition) is 2. The number of nitrogens with two attached hydrogens (primary N) is 1. The van der Waals surface area contributed by atoms with Gasteiger partial charge in [-0.2, -0.15) is 0 Å². The van der Waals surface area contributed by atoms with Crippen LogP contribution in [0, 0.1) is 0 Å². The Balaban J connectivity index is 2.34. The SMILES string of the molecule is CC(C)N1CCc2cc(N)c(=O)[nH]c2C1. The van der Waals surface area contributed by atoms with Crippen molar-refractivity contribution in [2.24, 2.45) is 0 Å². The third-order valence-electron chi connectivity index (χ3n) is 3.00. The first-order valence-electron chi connectivity index (χ1n) is 5.32. The second-order valence-electron chi connectivity index (χ2n) is 4.37. The molecule has 4 nitrogen and oxygen atoms in total. The van der Waals surface area contributed by atoms with E-state index in [4.69, 9.17) is 5.73 Å².